The summed E-state index contributed by atoms with van der Waals surface area (Å²) < 4.78 is 27.9. The quantitative estimate of drug-likeness (QED) is 0.672. The normalized spacial score (nSPS) is 19.7. The Balaban J connectivity index is 2.02. The lowest BCUT2D eigenvalue weighted by molar-refractivity contribution is -0.132. The van der Waals surface area contributed by atoms with Crippen LogP contribution in [0.5, 0.6) is 0 Å². The topological polar surface area (TPSA) is 86.8 Å². The average Bonchev–Trinajstić information content (AvgIpc) is 2.74. The summed E-state index contributed by atoms with van der Waals surface area (Å²) in [5, 5.41) is 2.93. The van der Waals surface area contributed by atoms with E-state index >= 15 is 0 Å². The van der Waals surface area contributed by atoms with Crippen molar-refractivity contribution in [3.8, 4) is 0 Å². The van der Waals surface area contributed by atoms with Gasteiger partial charge in [0.2, 0.25) is 21.8 Å². The van der Waals surface area contributed by atoms with E-state index in [0.29, 0.717) is 18.2 Å². The van der Waals surface area contributed by atoms with Crippen LogP contribution in [0.3, 0.4) is 0 Å². The summed E-state index contributed by atoms with van der Waals surface area (Å²) in [6.07, 6.45) is 0.783. The third kappa shape index (κ3) is 5.12. The molecule has 1 aliphatic rings. The number of carbonyl (C=O) groups is 2. The van der Waals surface area contributed by atoms with Crippen molar-refractivity contribution >= 4 is 27.5 Å². The fourth-order valence-corrected chi connectivity index (χ4v) is 5.53. The molecule has 1 fully saturated rings. The molecule has 1 atom stereocenters. The van der Waals surface area contributed by atoms with E-state index in [1.807, 2.05) is 32.0 Å². The number of piperazine rings is 1. The number of anilines is 1. The molecule has 7 nitrogen and oxygen atoms in total. The Kier molecular flexibility index (Phi) is 7.29. The molecular formula is C25H33N3O4S. The zero-order valence-electron chi connectivity index (χ0n) is 20.0. The SMILES string of the molecule is Cc1ccc(S(=O)(=O)N2CC(=O)N(c3ccccc3C)[C@](C)(C(=O)NCCC(C)C)C2)cc1. The van der Waals surface area contributed by atoms with Crippen molar-refractivity contribution < 1.29 is 18.0 Å². The number of hydrogen-bond acceptors (Lipinski definition) is 4. The summed E-state index contributed by atoms with van der Waals surface area (Å²) in [6.45, 7) is 9.48. The summed E-state index contributed by atoms with van der Waals surface area (Å²) in [4.78, 5) is 28.5. The maximum absolute atomic E-state index is 13.5. The molecule has 0 unspecified atom stereocenters. The fourth-order valence-electron chi connectivity index (χ4n) is 4.05. The van der Waals surface area contributed by atoms with Crippen molar-refractivity contribution in [2.45, 2.75) is 51.5 Å². The number of para-hydroxylation sites is 1. The fraction of sp³-hybridized carbons (Fsp3) is 0.440. The van der Waals surface area contributed by atoms with Crippen LogP contribution in [0.1, 0.15) is 38.3 Å². The van der Waals surface area contributed by atoms with Crippen LogP contribution in [-0.4, -0.2) is 49.7 Å². The first-order valence-corrected chi connectivity index (χ1v) is 12.6. The highest BCUT2D eigenvalue weighted by molar-refractivity contribution is 7.89. The Bertz CT molecular complexity index is 1130. The van der Waals surface area contributed by atoms with Gasteiger partial charge in [0.25, 0.3) is 0 Å². The monoisotopic (exact) mass is 471 g/mol. The Morgan fingerprint density at radius 1 is 1.09 bits per heavy atom. The largest absolute Gasteiger partial charge is 0.354 e. The number of hydrogen-bond donors (Lipinski definition) is 1. The lowest BCUT2D eigenvalue weighted by atomic mass is 9.93. The average molecular weight is 472 g/mol. The molecule has 3 rings (SSSR count). The second kappa shape index (κ2) is 9.65. The van der Waals surface area contributed by atoms with Crippen LogP contribution in [0.15, 0.2) is 53.4 Å². The van der Waals surface area contributed by atoms with Gasteiger partial charge >= 0.3 is 0 Å². The van der Waals surface area contributed by atoms with Gasteiger partial charge in [0.05, 0.1) is 11.4 Å². The minimum absolute atomic E-state index is 0.104. The predicted molar refractivity (Wildman–Crippen MR) is 129 cm³/mol. The molecule has 0 spiro atoms. The van der Waals surface area contributed by atoms with Crippen molar-refractivity contribution in [1.82, 2.24) is 9.62 Å². The molecule has 1 N–H and O–H groups in total. The van der Waals surface area contributed by atoms with E-state index in [1.165, 1.54) is 17.0 Å². The summed E-state index contributed by atoms with van der Waals surface area (Å²) in [5.74, 6) is -0.409. The minimum Gasteiger partial charge on any atom is -0.354 e. The number of benzene rings is 2. The first-order valence-electron chi connectivity index (χ1n) is 11.2. The molecule has 0 radical (unpaired) electrons. The Morgan fingerprint density at radius 2 is 1.73 bits per heavy atom. The van der Waals surface area contributed by atoms with Crippen LogP contribution < -0.4 is 10.2 Å². The molecule has 33 heavy (non-hydrogen) atoms. The Labute approximate surface area is 196 Å². The third-order valence-corrected chi connectivity index (χ3v) is 7.86. The summed E-state index contributed by atoms with van der Waals surface area (Å²) >= 11 is 0. The molecule has 1 saturated heterocycles. The third-order valence-electron chi connectivity index (χ3n) is 6.05. The Hall–Kier alpha value is -2.71. The number of rotatable bonds is 7. The highest BCUT2D eigenvalue weighted by atomic mass is 32.2. The molecule has 0 aromatic heterocycles. The number of carbonyl (C=O) groups excluding carboxylic acids is 2. The van der Waals surface area contributed by atoms with Gasteiger partial charge in [-0.1, -0.05) is 49.7 Å². The van der Waals surface area contributed by atoms with Crippen LogP contribution in [0.4, 0.5) is 5.69 Å². The number of sulfonamides is 1. The lowest BCUT2D eigenvalue weighted by Gasteiger charge is -2.47. The predicted octanol–water partition coefficient (Wildman–Crippen LogP) is 3.26. The van der Waals surface area contributed by atoms with Crippen molar-refractivity contribution in [3.63, 3.8) is 0 Å². The van der Waals surface area contributed by atoms with Gasteiger partial charge in [-0.05, 0) is 56.9 Å². The number of nitrogens with one attached hydrogen (secondary N) is 1. The van der Waals surface area contributed by atoms with E-state index in [0.717, 1.165) is 21.9 Å². The molecule has 1 heterocycles. The molecule has 0 aliphatic carbocycles. The molecular weight excluding hydrogens is 438 g/mol. The van der Waals surface area contributed by atoms with E-state index in [9.17, 15) is 18.0 Å². The number of aryl methyl sites for hydroxylation is 2. The molecule has 178 valence electrons. The smallest absolute Gasteiger partial charge is 0.247 e. The van der Waals surface area contributed by atoms with Gasteiger partial charge in [0.15, 0.2) is 0 Å². The van der Waals surface area contributed by atoms with Crippen LogP contribution in [-0.2, 0) is 19.6 Å². The minimum atomic E-state index is -3.96. The summed E-state index contributed by atoms with van der Waals surface area (Å²) in [6, 6.07) is 13.8. The lowest BCUT2D eigenvalue weighted by Crippen LogP contribution is -2.70. The molecule has 0 bridgehead atoms. The highest BCUT2D eigenvalue weighted by Gasteiger charge is 2.51. The summed E-state index contributed by atoms with van der Waals surface area (Å²) in [7, 11) is -3.96. The maximum atomic E-state index is 13.5. The van der Waals surface area contributed by atoms with Crippen molar-refractivity contribution in [2.75, 3.05) is 24.5 Å². The zero-order chi connectivity index (χ0) is 24.4. The van der Waals surface area contributed by atoms with Crippen molar-refractivity contribution in [1.29, 1.82) is 0 Å². The van der Waals surface area contributed by atoms with Crippen LogP contribution in [0.25, 0.3) is 0 Å². The van der Waals surface area contributed by atoms with E-state index in [1.54, 1.807) is 25.1 Å². The summed E-state index contributed by atoms with van der Waals surface area (Å²) in [5.41, 5.74) is 0.970. The van der Waals surface area contributed by atoms with E-state index < -0.39 is 21.5 Å². The van der Waals surface area contributed by atoms with Gasteiger partial charge in [-0.3, -0.25) is 14.5 Å². The van der Waals surface area contributed by atoms with Gasteiger partial charge in [0, 0.05) is 18.8 Å². The van der Waals surface area contributed by atoms with E-state index in [2.05, 4.69) is 19.2 Å². The van der Waals surface area contributed by atoms with E-state index in [4.69, 9.17) is 0 Å². The van der Waals surface area contributed by atoms with Gasteiger partial charge < -0.3 is 5.32 Å². The van der Waals surface area contributed by atoms with E-state index in [-0.39, 0.29) is 23.9 Å². The van der Waals surface area contributed by atoms with Crippen LogP contribution >= 0.6 is 0 Å². The molecule has 2 aromatic carbocycles. The van der Waals surface area contributed by atoms with Crippen molar-refractivity contribution in [3.05, 3.63) is 59.7 Å². The molecule has 8 heteroatoms. The maximum Gasteiger partial charge on any atom is 0.247 e. The van der Waals surface area contributed by atoms with Gasteiger partial charge in [-0.25, -0.2) is 8.42 Å². The van der Waals surface area contributed by atoms with Gasteiger partial charge in [-0.15, -0.1) is 0 Å². The molecule has 1 aliphatic heterocycles. The molecule has 0 saturated carbocycles. The number of nitrogens with zero attached hydrogens (tertiary/aromatic N) is 2. The Morgan fingerprint density at radius 3 is 2.33 bits per heavy atom. The zero-order valence-corrected chi connectivity index (χ0v) is 20.8. The number of amides is 2. The highest BCUT2D eigenvalue weighted by Crippen LogP contribution is 2.34. The second-order valence-electron chi connectivity index (χ2n) is 9.31. The van der Waals surface area contributed by atoms with Crippen molar-refractivity contribution in [2.24, 2.45) is 5.92 Å². The van der Waals surface area contributed by atoms with Gasteiger partial charge in [0.1, 0.15) is 5.54 Å². The van der Waals surface area contributed by atoms with Gasteiger partial charge in [-0.2, -0.15) is 4.31 Å². The first-order chi connectivity index (χ1) is 15.5. The van der Waals surface area contributed by atoms with Crippen LogP contribution in [0, 0.1) is 19.8 Å². The first kappa shape index (κ1) is 24.9. The van der Waals surface area contributed by atoms with Crippen LogP contribution in [0.2, 0.25) is 0 Å². The second-order valence-corrected chi connectivity index (χ2v) is 11.3. The molecule has 2 amide bonds. The standard InChI is InChI=1S/C25H33N3O4S/c1-18(2)14-15-26-24(30)25(5)17-27(33(31,32)21-12-10-19(3)11-13-21)16-23(29)28(25)22-9-7-6-8-20(22)4/h6-13,18H,14-17H2,1-5H3,(H,26,30)/t25-/m0/s1. The molecule has 2 aromatic rings.